The number of hydrogen-bond acceptors (Lipinski definition) is 0. The predicted molar refractivity (Wildman–Crippen MR) is 111 cm³/mol. The Balaban J connectivity index is 1.78. The molecule has 0 nitrogen and oxygen atoms in total. The SMILES string of the molecule is CCc1ccc(C#Cc2cc(F)c(-c3cc(F)c4c(F)c(F)c(F)cc4c3)c(F)c2)c(F)c1. The molecule has 0 fully saturated rings. The van der Waals surface area contributed by atoms with Crippen LogP contribution in [0.3, 0.4) is 0 Å². The molecule has 0 unspecified atom stereocenters. The topological polar surface area (TPSA) is 0 Å². The Hall–Kier alpha value is -3.79. The highest BCUT2D eigenvalue weighted by molar-refractivity contribution is 5.89. The number of fused-ring (bicyclic) bond motifs is 1. The number of aryl methyl sites for hydroxylation is 1. The zero-order valence-electron chi connectivity index (χ0n) is 17.0. The molecule has 0 aliphatic heterocycles. The van der Waals surface area contributed by atoms with Gasteiger partial charge in [0.1, 0.15) is 23.3 Å². The van der Waals surface area contributed by atoms with Gasteiger partial charge in [-0.15, -0.1) is 0 Å². The van der Waals surface area contributed by atoms with E-state index in [0.29, 0.717) is 18.6 Å². The predicted octanol–water partition coefficient (Wildman–Crippen LogP) is 7.44. The summed E-state index contributed by atoms with van der Waals surface area (Å²) in [7, 11) is 0. The Morgan fingerprint density at radius 2 is 1.33 bits per heavy atom. The van der Waals surface area contributed by atoms with Gasteiger partial charge in [-0.3, -0.25) is 0 Å². The minimum atomic E-state index is -1.85. The molecule has 0 radical (unpaired) electrons. The Labute approximate surface area is 184 Å². The lowest BCUT2D eigenvalue weighted by Gasteiger charge is -2.10. The van der Waals surface area contributed by atoms with E-state index in [9.17, 15) is 30.7 Å². The Morgan fingerprint density at radius 3 is 1.97 bits per heavy atom. The third-order valence-corrected chi connectivity index (χ3v) is 5.14. The second-order valence-electron chi connectivity index (χ2n) is 7.28. The van der Waals surface area contributed by atoms with Gasteiger partial charge in [-0.05, 0) is 65.4 Å². The molecule has 0 saturated heterocycles. The Kier molecular flexibility index (Phi) is 5.86. The van der Waals surface area contributed by atoms with E-state index in [0.717, 1.165) is 23.8 Å². The van der Waals surface area contributed by atoms with Crippen molar-refractivity contribution >= 4 is 10.8 Å². The van der Waals surface area contributed by atoms with Crippen LogP contribution in [0.4, 0.5) is 30.7 Å². The van der Waals surface area contributed by atoms with Crippen molar-refractivity contribution in [1.82, 2.24) is 0 Å². The van der Waals surface area contributed by atoms with Crippen LogP contribution in [-0.4, -0.2) is 0 Å². The summed E-state index contributed by atoms with van der Waals surface area (Å²) in [5.74, 6) is -4.30. The first-order valence-electron chi connectivity index (χ1n) is 9.76. The van der Waals surface area contributed by atoms with E-state index in [4.69, 9.17) is 0 Å². The van der Waals surface area contributed by atoms with Gasteiger partial charge in [-0.2, -0.15) is 0 Å². The van der Waals surface area contributed by atoms with Crippen molar-refractivity contribution in [3.63, 3.8) is 0 Å². The van der Waals surface area contributed by atoms with Crippen LogP contribution in [-0.2, 0) is 6.42 Å². The average Bonchev–Trinajstić information content (AvgIpc) is 2.75. The molecule has 166 valence electrons. The second kappa shape index (κ2) is 8.62. The molecule has 0 aliphatic carbocycles. The minimum Gasteiger partial charge on any atom is -0.206 e. The quantitative estimate of drug-likeness (QED) is 0.166. The maximum Gasteiger partial charge on any atom is 0.195 e. The van der Waals surface area contributed by atoms with Crippen molar-refractivity contribution < 1.29 is 30.7 Å². The van der Waals surface area contributed by atoms with Crippen molar-refractivity contribution in [2.24, 2.45) is 0 Å². The van der Waals surface area contributed by atoms with E-state index in [1.807, 2.05) is 6.92 Å². The molecule has 0 atom stereocenters. The lowest BCUT2D eigenvalue weighted by molar-refractivity contribution is 0.451. The molecular formula is C26H13F7. The van der Waals surface area contributed by atoms with Gasteiger partial charge in [0.05, 0.1) is 16.5 Å². The van der Waals surface area contributed by atoms with E-state index < -0.39 is 57.1 Å². The van der Waals surface area contributed by atoms with Gasteiger partial charge >= 0.3 is 0 Å². The molecule has 0 aromatic heterocycles. The molecule has 0 saturated carbocycles. The second-order valence-corrected chi connectivity index (χ2v) is 7.28. The summed E-state index contributed by atoms with van der Waals surface area (Å²) in [6.45, 7) is 1.86. The fraction of sp³-hybridized carbons (Fsp3) is 0.0769. The molecule has 4 aromatic carbocycles. The summed E-state index contributed by atoms with van der Waals surface area (Å²) in [5.41, 5.74) is -0.297. The van der Waals surface area contributed by atoms with E-state index >= 15 is 0 Å². The van der Waals surface area contributed by atoms with E-state index in [2.05, 4.69) is 11.8 Å². The summed E-state index contributed by atoms with van der Waals surface area (Å²) in [5, 5.41) is -1.24. The maximum absolute atomic E-state index is 14.7. The van der Waals surface area contributed by atoms with Crippen molar-refractivity contribution in [2.45, 2.75) is 13.3 Å². The van der Waals surface area contributed by atoms with Crippen LogP contribution < -0.4 is 0 Å². The van der Waals surface area contributed by atoms with Gasteiger partial charge in [0, 0.05) is 5.56 Å². The molecule has 0 N–H and O–H groups in total. The molecule has 0 bridgehead atoms. The van der Waals surface area contributed by atoms with Crippen LogP contribution >= 0.6 is 0 Å². The highest BCUT2D eigenvalue weighted by Gasteiger charge is 2.20. The normalized spacial score (nSPS) is 10.9. The lowest BCUT2D eigenvalue weighted by atomic mass is 9.98. The standard InChI is InChI=1S/C26H13F7/c1-2-13-3-5-15(18(27)7-13)6-4-14-8-19(28)23(20(29)9-14)16-10-17-12-22(31)25(32)26(33)24(17)21(30)11-16/h3,5,7-12H,2H2,1H3. The van der Waals surface area contributed by atoms with Gasteiger partial charge in [-0.25, -0.2) is 30.7 Å². The molecule has 4 rings (SSSR count). The van der Waals surface area contributed by atoms with Crippen molar-refractivity contribution in [3.8, 4) is 23.0 Å². The summed E-state index contributed by atoms with van der Waals surface area (Å²) in [6.07, 6.45) is 0.631. The molecule has 0 spiro atoms. The fourth-order valence-corrected chi connectivity index (χ4v) is 3.47. The molecule has 4 aromatic rings. The molecule has 0 aliphatic rings. The number of hydrogen-bond donors (Lipinski definition) is 0. The first kappa shape index (κ1) is 22.4. The molecule has 0 amide bonds. The zero-order chi connectivity index (χ0) is 23.9. The van der Waals surface area contributed by atoms with Gasteiger partial charge in [0.25, 0.3) is 0 Å². The molecule has 7 heteroatoms. The number of benzene rings is 4. The van der Waals surface area contributed by atoms with Crippen LogP contribution in [0.5, 0.6) is 0 Å². The van der Waals surface area contributed by atoms with Gasteiger partial charge in [0.15, 0.2) is 17.5 Å². The average molecular weight is 458 g/mol. The summed E-state index contributed by atoms with van der Waals surface area (Å²) in [6, 6.07) is 8.32. The summed E-state index contributed by atoms with van der Waals surface area (Å²) < 4.78 is 98.9. The first-order chi connectivity index (χ1) is 15.7. The maximum atomic E-state index is 14.7. The summed E-state index contributed by atoms with van der Waals surface area (Å²) >= 11 is 0. The monoisotopic (exact) mass is 458 g/mol. The smallest absolute Gasteiger partial charge is 0.195 e. The van der Waals surface area contributed by atoms with E-state index in [-0.39, 0.29) is 16.7 Å². The highest BCUT2D eigenvalue weighted by Crippen LogP contribution is 2.33. The fourth-order valence-electron chi connectivity index (χ4n) is 3.47. The van der Waals surface area contributed by atoms with E-state index in [1.165, 1.54) is 12.1 Å². The van der Waals surface area contributed by atoms with Gasteiger partial charge in [-0.1, -0.05) is 24.8 Å². The molecule has 0 heterocycles. The Bertz CT molecular complexity index is 1450. The van der Waals surface area contributed by atoms with Gasteiger partial charge in [0.2, 0.25) is 0 Å². The van der Waals surface area contributed by atoms with Crippen LogP contribution in [0, 0.1) is 52.6 Å². The van der Waals surface area contributed by atoms with Crippen molar-refractivity contribution in [1.29, 1.82) is 0 Å². The largest absolute Gasteiger partial charge is 0.206 e. The van der Waals surface area contributed by atoms with Gasteiger partial charge < -0.3 is 0 Å². The van der Waals surface area contributed by atoms with E-state index in [1.54, 1.807) is 6.07 Å². The Morgan fingerprint density at radius 1 is 0.636 bits per heavy atom. The van der Waals surface area contributed by atoms with Crippen LogP contribution in [0.2, 0.25) is 0 Å². The number of halogens is 7. The van der Waals surface area contributed by atoms with Crippen LogP contribution in [0.1, 0.15) is 23.6 Å². The lowest BCUT2D eigenvalue weighted by Crippen LogP contribution is -1.98. The molecule has 33 heavy (non-hydrogen) atoms. The number of rotatable bonds is 2. The van der Waals surface area contributed by atoms with Crippen molar-refractivity contribution in [2.75, 3.05) is 0 Å². The summed E-state index contributed by atoms with van der Waals surface area (Å²) in [4.78, 5) is 0. The molecular weight excluding hydrogens is 445 g/mol. The third-order valence-electron chi connectivity index (χ3n) is 5.14. The minimum absolute atomic E-state index is 0.0463. The highest BCUT2D eigenvalue weighted by atomic mass is 19.2. The first-order valence-corrected chi connectivity index (χ1v) is 9.76. The van der Waals surface area contributed by atoms with Crippen LogP contribution in [0.25, 0.3) is 21.9 Å². The van der Waals surface area contributed by atoms with Crippen LogP contribution in [0.15, 0.2) is 48.5 Å². The zero-order valence-corrected chi connectivity index (χ0v) is 17.0. The van der Waals surface area contributed by atoms with Crippen molar-refractivity contribution in [3.05, 3.63) is 106 Å². The third kappa shape index (κ3) is 4.17.